The predicted molar refractivity (Wildman–Crippen MR) is 82.8 cm³/mol. The Morgan fingerprint density at radius 1 is 1.25 bits per heavy atom. The molecule has 0 saturated heterocycles. The van der Waals surface area contributed by atoms with Crippen molar-refractivity contribution in [1.82, 2.24) is 0 Å². The number of rotatable bonds is 5. The second-order valence-corrected chi connectivity index (χ2v) is 5.35. The van der Waals surface area contributed by atoms with Crippen LogP contribution in [0.15, 0.2) is 53.0 Å². The summed E-state index contributed by atoms with van der Waals surface area (Å²) < 4.78 is 6.00. The highest BCUT2D eigenvalue weighted by Gasteiger charge is 2.16. The number of ether oxygens (including phenoxy) is 1. The molecular formula is C16H16BrNO2. The average molecular weight is 334 g/mol. The van der Waals surface area contributed by atoms with Crippen LogP contribution in [0, 0.1) is 0 Å². The summed E-state index contributed by atoms with van der Waals surface area (Å²) in [6.07, 6.45) is 0.304. The van der Waals surface area contributed by atoms with E-state index >= 15 is 0 Å². The van der Waals surface area contributed by atoms with Crippen molar-refractivity contribution >= 4 is 21.7 Å². The van der Waals surface area contributed by atoms with Crippen molar-refractivity contribution in [1.29, 1.82) is 0 Å². The quantitative estimate of drug-likeness (QED) is 0.913. The van der Waals surface area contributed by atoms with Gasteiger partial charge in [-0.25, -0.2) is 0 Å². The van der Waals surface area contributed by atoms with Gasteiger partial charge in [0, 0.05) is 6.42 Å². The van der Waals surface area contributed by atoms with Gasteiger partial charge in [-0.05, 0) is 39.2 Å². The Kier molecular flexibility index (Phi) is 4.93. The third-order valence-corrected chi connectivity index (χ3v) is 3.72. The highest BCUT2D eigenvalue weighted by Crippen LogP contribution is 2.26. The monoisotopic (exact) mass is 333 g/mol. The van der Waals surface area contributed by atoms with E-state index in [9.17, 15) is 4.79 Å². The SMILES string of the molecule is COc1ccc(CC(=O)C(N)c2ccccc2)cc1Br. The van der Waals surface area contributed by atoms with Crippen LogP contribution in [0.4, 0.5) is 0 Å². The van der Waals surface area contributed by atoms with E-state index in [0.717, 1.165) is 21.3 Å². The minimum atomic E-state index is -0.586. The van der Waals surface area contributed by atoms with E-state index in [1.54, 1.807) is 7.11 Å². The van der Waals surface area contributed by atoms with Gasteiger partial charge in [0.1, 0.15) is 5.75 Å². The van der Waals surface area contributed by atoms with E-state index in [-0.39, 0.29) is 5.78 Å². The smallest absolute Gasteiger partial charge is 0.158 e. The van der Waals surface area contributed by atoms with Gasteiger partial charge in [-0.1, -0.05) is 36.4 Å². The number of hydrogen-bond donors (Lipinski definition) is 1. The second-order valence-electron chi connectivity index (χ2n) is 4.50. The molecule has 2 aromatic rings. The van der Waals surface area contributed by atoms with Crippen LogP contribution < -0.4 is 10.5 Å². The molecule has 0 heterocycles. The number of Topliss-reactive ketones (excluding diaryl/α,β-unsaturated/α-hetero) is 1. The number of halogens is 1. The van der Waals surface area contributed by atoms with Crippen LogP contribution in [-0.4, -0.2) is 12.9 Å². The van der Waals surface area contributed by atoms with E-state index in [2.05, 4.69) is 15.9 Å². The molecule has 1 unspecified atom stereocenters. The fraction of sp³-hybridized carbons (Fsp3) is 0.188. The average Bonchev–Trinajstić information content (AvgIpc) is 2.47. The zero-order valence-electron chi connectivity index (χ0n) is 11.2. The molecule has 0 aliphatic heterocycles. The number of ketones is 1. The van der Waals surface area contributed by atoms with E-state index in [4.69, 9.17) is 10.5 Å². The molecule has 0 saturated carbocycles. The van der Waals surface area contributed by atoms with E-state index in [0.29, 0.717) is 6.42 Å². The zero-order valence-corrected chi connectivity index (χ0v) is 12.8. The van der Waals surface area contributed by atoms with Crippen LogP contribution >= 0.6 is 15.9 Å². The lowest BCUT2D eigenvalue weighted by Crippen LogP contribution is -2.23. The van der Waals surface area contributed by atoms with Gasteiger partial charge in [0.05, 0.1) is 17.6 Å². The minimum absolute atomic E-state index is 0.00623. The molecule has 0 radical (unpaired) electrons. The molecule has 0 amide bonds. The lowest BCUT2D eigenvalue weighted by atomic mass is 9.98. The highest BCUT2D eigenvalue weighted by atomic mass is 79.9. The van der Waals surface area contributed by atoms with Crippen LogP contribution in [0.2, 0.25) is 0 Å². The van der Waals surface area contributed by atoms with Gasteiger partial charge in [0.15, 0.2) is 5.78 Å². The molecule has 0 spiro atoms. The molecule has 0 aliphatic rings. The van der Waals surface area contributed by atoms with Crippen LogP contribution in [0.25, 0.3) is 0 Å². The first-order valence-corrected chi connectivity index (χ1v) is 7.06. The molecule has 3 nitrogen and oxygen atoms in total. The van der Waals surface area contributed by atoms with Gasteiger partial charge in [0.2, 0.25) is 0 Å². The number of carbonyl (C=O) groups is 1. The van der Waals surface area contributed by atoms with Crippen LogP contribution in [0.3, 0.4) is 0 Å². The second kappa shape index (κ2) is 6.68. The van der Waals surface area contributed by atoms with Gasteiger partial charge >= 0.3 is 0 Å². The van der Waals surface area contributed by atoms with Crippen molar-refractivity contribution in [2.45, 2.75) is 12.5 Å². The van der Waals surface area contributed by atoms with Crippen molar-refractivity contribution in [3.63, 3.8) is 0 Å². The first kappa shape index (κ1) is 14.8. The van der Waals surface area contributed by atoms with Gasteiger partial charge in [-0.2, -0.15) is 0 Å². The summed E-state index contributed by atoms with van der Waals surface area (Å²) >= 11 is 3.41. The summed E-state index contributed by atoms with van der Waals surface area (Å²) in [6.45, 7) is 0. The Morgan fingerprint density at radius 3 is 2.55 bits per heavy atom. The van der Waals surface area contributed by atoms with Gasteiger partial charge in [-0.15, -0.1) is 0 Å². The summed E-state index contributed by atoms with van der Waals surface area (Å²) in [4.78, 5) is 12.2. The third-order valence-electron chi connectivity index (χ3n) is 3.10. The molecule has 2 N–H and O–H groups in total. The normalized spacial score (nSPS) is 11.9. The molecule has 2 aromatic carbocycles. The molecule has 104 valence electrons. The molecule has 1 atom stereocenters. The van der Waals surface area contributed by atoms with Crippen molar-refractivity contribution in [2.75, 3.05) is 7.11 Å². The van der Waals surface area contributed by atoms with Gasteiger partial charge < -0.3 is 10.5 Å². The number of carbonyl (C=O) groups excluding carboxylic acids is 1. The molecule has 2 rings (SSSR count). The summed E-state index contributed by atoms with van der Waals surface area (Å²) in [6, 6.07) is 14.4. The predicted octanol–water partition coefficient (Wildman–Crippen LogP) is 3.27. The van der Waals surface area contributed by atoms with Gasteiger partial charge in [0.25, 0.3) is 0 Å². The van der Waals surface area contributed by atoms with E-state index in [1.165, 1.54) is 0 Å². The number of methoxy groups -OCH3 is 1. The standard InChI is InChI=1S/C16H16BrNO2/c1-20-15-8-7-11(9-13(15)17)10-14(19)16(18)12-5-3-2-4-6-12/h2-9,16H,10,18H2,1H3. The molecule has 0 bridgehead atoms. The first-order chi connectivity index (χ1) is 9.61. The topological polar surface area (TPSA) is 52.3 Å². The van der Waals surface area contributed by atoms with Crippen LogP contribution in [0.1, 0.15) is 17.2 Å². The number of benzene rings is 2. The third kappa shape index (κ3) is 3.46. The maximum atomic E-state index is 12.2. The minimum Gasteiger partial charge on any atom is -0.496 e. The van der Waals surface area contributed by atoms with Crippen molar-refractivity contribution in [3.8, 4) is 5.75 Å². The Morgan fingerprint density at radius 2 is 1.95 bits per heavy atom. The summed E-state index contributed by atoms with van der Waals surface area (Å²) in [5.74, 6) is 0.738. The lowest BCUT2D eigenvalue weighted by Gasteiger charge is -2.11. The lowest BCUT2D eigenvalue weighted by molar-refractivity contribution is -0.119. The zero-order chi connectivity index (χ0) is 14.5. The number of hydrogen-bond acceptors (Lipinski definition) is 3. The summed E-state index contributed by atoms with van der Waals surface area (Å²) in [5, 5.41) is 0. The Labute approximate surface area is 126 Å². The Balaban J connectivity index is 2.10. The fourth-order valence-corrected chi connectivity index (χ4v) is 2.57. The first-order valence-electron chi connectivity index (χ1n) is 6.27. The highest BCUT2D eigenvalue weighted by molar-refractivity contribution is 9.10. The Hall–Kier alpha value is -1.65. The summed E-state index contributed by atoms with van der Waals surface area (Å²) in [7, 11) is 1.61. The fourth-order valence-electron chi connectivity index (χ4n) is 1.98. The largest absolute Gasteiger partial charge is 0.496 e. The molecule has 20 heavy (non-hydrogen) atoms. The maximum Gasteiger partial charge on any atom is 0.158 e. The van der Waals surface area contributed by atoms with Crippen LogP contribution in [0.5, 0.6) is 5.75 Å². The van der Waals surface area contributed by atoms with Crippen molar-refractivity contribution < 1.29 is 9.53 Å². The van der Waals surface area contributed by atoms with Gasteiger partial charge in [-0.3, -0.25) is 4.79 Å². The Bertz CT molecular complexity index is 599. The summed E-state index contributed by atoms with van der Waals surface area (Å²) in [5.41, 5.74) is 7.74. The molecule has 0 aromatic heterocycles. The molecule has 4 heteroatoms. The van der Waals surface area contributed by atoms with E-state index < -0.39 is 6.04 Å². The van der Waals surface area contributed by atoms with Crippen molar-refractivity contribution in [3.05, 3.63) is 64.1 Å². The van der Waals surface area contributed by atoms with E-state index in [1.807, 2.05) is 48.5 Å². The number of nitrogens with two attached hydrogens (primary N) is 1. The maximum absolute atomic E-state index is 12.2. The molecule has 0 fully saturated rings. The van der Waals surface area contributed by atoms with Crippen molar-refractivity contribution in [2.24, 2.45) is 5.73 Å². The van der Waals surface area contributed by atoms with Crippen LogP contribution in [-0.2, 0) is 11.2 Å². The molecular weight excluding hydrogens is 318 g/mol. The molecule has 0 aliphatic carbocycles.